The molecular weight excluding hydrogens is 785 g/mol. The van der Waals surface area contributed by atoms with Gasteiger partial charge in [0.25, 0.3) is 0 Å². The first-order valence-electron chi connectivity index (χ1n) is 26.7. The van der Waals surface area contributed by atoms with Crippen molar-refractivity contribution in [2.24, 2.45) is 0 Å². The average Bonchev–Trinajstić information content (AvgIpc) is 4.04. The molecule has 6 heteroatoms. The van der Waals surface area contributed by atoms with Crippen LogP contribution >= 0.6 is 0 Å². The van der Waals surface area contributed by atoms with Crippen molar-refractivity contribution in [1.82, 2.24) is 20.4 Å². The standard InChI is InChI=1S/C58H86N4O2/c1-3-5-7-9-11-13-15-17-19-21-23-25-27-29-31-33-35-49-37-41-51(42-38-49)55-59-61-57(63-55)53-45-47-54(48-46-53)58-62-60-56(64-58)52-43-39-50(40-44-52)36-34-32-30-28-26-24-22-20-18-16-14-12-10-8-6-4-2/h37-48H,3-36H2,1-2H3. The largest absolute Gasteiger partial charge is 0.416 e. The number of benzene rings is 3. The SMILES string of the molecule is CCCCCCCCCCCCCCCCCCc1ccc(-c2nnc(-c3ccc(-c4nnc(-c5ccc(CCCCCCCCCCCCCCCCCC)cc5)o4)cc3)o2)cc1. The number of hydrogen-bond donors (Lipinski definition) is 0. The van der Waals surface area contributed by atoms with E-state index in [4.69, 9.17) is 8.83 Å². The fourth-order valence-electron chi connectivity index (χ4n) is 9.05. The van der Waals surface area contributed by atoms with Crippen molar-refractivity contribution in [3.63, 3.8) is 0 Å². The molecule has 6 nitrogen and oxygen atoms in total. The van der Waals surface area contributed by atoms with Crippen LogP contribution in [0.4, 0.5) is 0 Å². The molecule has 0 unspecified atom stereocenters. The monoisotopic (exact) mass is 871 g/mol. The van der Waals surface area contributed by atoms with E-state index < -0.39 is 0 Å². The minimum atomic E-state index is 0.490. The van der Waals surface area contributed by atoms with Crippen LogP contribution in [-0.4, -0.2) is 20.4 Å². The summed E-state index contributed by atoms with van der Waals surface area (Å²) in [6.45, 7) is 4.59. The molecule has 0 spiro atoms. The predicted molar refractivity (Wildman–Crippen MR) is 270 cm³/mol. The van der Waals surface area contributed by atoms with Crippen molar-refractivity contribution in [3.05, 3.63) is 83.9 Å². The summed E-state index contributed by atoms with van der Waals surface area (Å²) in [5, 5.41) is 17.4. The van der Waals surface area contributed by atoms with Crippen LogP contribution in [-0.2, 0) is 12.8 Å². The Morgan fingerprint density at radius 3 is 0.656 bits per heavy atom. The summed E-state index contributed by atoms with van der Waals surface area (Å²) in [5.74, 6) is 2.05. The van der Waals surface area contributed by atoms with Gasteiger partial charge in [0.2, 0.25) is 23.6 Å². The fraction of sp³-hybridized carbons (Fsp3) is 0.621. The van der Waals surface area contributed by atoms with E-state index in [-0.39, 0.29) is 0 Å². The summed E-state index contributed by atoms with van der Waals surface area (Å²) in [4.78, 5) is 0. The first-order chi connectivity index (χ1) is 31.7. The van der Waals surface area contributed by atoms with Crippen molar-refractivity contribution < 1.29 is 8.83 Å². The van der Waals surface area contributed by atoms with Crippen LogP contribution in [0.5, 0.6) is 0 Å². The molecule has 0 atom stereocenters. The normalized spacial score (nSPS) is 11.5. The molecule has 5 aromatic rings. The van der Waals surface area contributed by atoms with Crippen LogP contribution in [0.1, 0.15) is 230 Å². The lowest BCUT2D eigenvalue weighted by Crippen LogP contribution is -1.87. The summed E-state index contributed by atoms with van der Waals surface area (Å²) >= 11 is 0. The zero-order valence-electron chi connectivity index (χ0n) is 40.6. The van der Waals surface area contributed by atoms with Gasteiger partial charge in [-0.15, -0.1) is 20.4 Å². The van der Waals surface area contributed by atoms with Gasteiger partial charge in [-0.3, -0.25) is 0 Å². The second kappa shape index (κ2) is 32.6. The minimum Gasteiger partial charge on any atom is -0.416 e. The highest BCUT2D eigenvalue weighted by Crippen LogP contribution is 2.29. The zero-order valence-corrected chi connectivity index (χ0v) is 40.6. The Bertz CT molecular complexity index is 1720. The van der Waals surface area contributed by atoms with Gasteiger partial charge in [0, 0.05) is 22.3 Å². The van der Waals surface area contributed by atoms with Crippen LogP contribution in [0.3, 0.4) is 0 Å². The molecule has 0 N–H and O–H groups in total. The van der Waals surface area contributed by atoms with E-state index in [9.17, 15) is 0 Å². The molecule has 0 bridgehead atoms. The smallest absolute Gasteiger partial charge is 0.248 e. The topological polar surface area (TPSA) is 77.8 Å². The highest BCUT2D eigenvalue weighted by molar-refractivity contribution is 5.64. The van der Waals surface area contributed by atoms with E-state index in [2.05, 4.69) is 82.8 Å². The molecule has 0 amide bonds. The van der Waals surface area contributed by atoms with E-state index in [1.807, 2.05) is 24.3 Å². The van der Waals surface area contributed by atoms with Crippen molar-refractivity contribution in [2.75, 3.05) is 0 Å². The van der Waals surface area contributed by atoms with E-state index in [0.717, 1.165) is 35.1 Å². The molecular formula is C58H86N4O2. The van der Waals surface area contributed by atoms with E-state index in [1.54, 1.807) is 0 Å². The Labute approximate surface area is 389 Å². The van der Waals surface area contributed by atoms with E-state index in [0.29, 0.717) is 23.6 Å². The highest BCUT2D eigenvalue weighted by atomic mass is 16.4. The van der Waals surface area contributed by atoms with Gasteiger partial charge in [-0.25, -0.2) is 0 Å². The molecule has 0 radical (unpaired) electrons. The van der Waals surface area contributed by atoms with Crippen molar-refractivity contribution in [1.29, 1.82) is 0 Å². The number of aryl methyl sites for hydroxylation is 2. The first-order valence-corrected chi connectivity index (χ1v) is 26.7. The molecule has 2 aromatic heterocycles. The molecule has 0 aliphatic heterocycles. The molecule has 350 valence electrons. The van der Waals surface area contributed by atoms with Crippen LogP contribution in [0.25, 0.3) is 45.8 Å². The Balaban J connectivity index is 0.908. The third kappa shape index (κ3) is 20.4. The van der Waals surface area contributed by atoms with Crippen molar-refractivity contribution in [2.45, 2.75) is 232 Å². The highest BCUT2D eigenvalue weighted by Gasteiger charge is 2.14. The third-order valence-electron chi connectivity index (χ3n) is 13.3. The van der Waals surface area contributed by atoms with Crippen LogP contribution in [0, 0.1) is 0 Å². The van der Waals surface area contributed by atoms with Gasteiger partial charge < -0.3 is 8.83 Å². The van der Waals surface area contributed by atoms with Crippen LogP contribution in [0.15, 0.2) is 81.6 Å². The molecule has 0 saturated carbocycles. The number of rotatable bonds is 38. The second-order valence-corrected chi connectivity index (χ2v) is 18.9. The van der Waals surface area contributed by atoms with Gasteiger partial charge in [0.1, 0.15) is 0 Å². The van der Waals surface area contributed by atoms with Crippen molar-refractivity contribution in [3.8, 4) is 45.8 Å². The second-order valence-electron chi connectivity index (χ2n) is 18.9. The maximum absolute atomic E-state index is 6.11. The Kier molecular flexibility index (Phi) is 25.9. The lowest BCUT2D eigenvalue weighted by Gasteiger charge is -2.04. The molecule has 0 aliphatic carbocycles. The van der Waals surface area contributed by atoms with Gasteiger partial charge in [0.05, 0.1) is 0 Å². The van der Waals surface area contributed by atoms with E-state index in [1.165, 1.54) is 217 Å². The maximum Gasteiger partial charge on any atom is 0.248 e. The van der Waals surface area contributed by atoms with Gasteiger partial charge in [-0.05, 0) is 85.3 Å². The number of nitrogens with zero attached hydrogens (tertiary/aromatic N) is 4. The zero-order chi connectivity index (χ0) is 44.5. The molecule has 64 heavy (non-hydrogen) atoms. The summed E-state index contributed by atoms with van der Waals surface area (Å²) in [7, 11) is 0. The van der Waals surface area contributed by atoms with Gasteiger partial charge in [-0.1, -0.05) is 231 Å². The molecule has 0 fully saturated rings. The Morgan fingerprint density at radius 2 is 0.438 bits per heavy atom. The predicted octanol–water partition coefficient (Wildman–Crippen LogP) is 18.7. The van der Waals surface area contributed by atoms with E-state index >= 15 is 0 Å². The fourth-order valence-corrected chi connectivity index (χ4v) is 9.05. The molecule has 5 rings (SSSR count). The maximum atomic E-state index is 6.11. The van der Waals surface area contributed by atoms with Gasteiger partial charge in [0.15, 0.2) is 0 Å². The summed E-state index contributed by atoms with van der Waals surface area (Å²) in [6, 6.07) is 25.1. The summed E-state index contributed by atoms with van der Waals surface area (Å²) in [6.07, 6.45) is 47.0. The molecule has 0 aliphatic rings. The van der Waals surface area contributed by atoms with Gasteiger partial charge in [-0.2, -0.15) is 0 Å². The number of unbranched alkanes of at least 4 members (excludes halogenated alkanes) is 30. The average molecular weight is 871 g/mol. The van der Waals surface area contributed by atoms with Crippen LogP contribution in [0.2, 0.25) is 0 Å². The summed E-state index contributed by atoms with van der Waals surface area (Å²) < 4.78 is 12.2. The Morgan fingerprint density at radius 1 is 0.250 bits per heavy atom. The summed E-state index contributed by atoms with van der Waals surface area (Å²) in [5.41, 5.74) is 6.32. The molecule has 2 heterocycles. The van der Waals surface area contributed by atoms with Crippen LogP contribution < -0.4 is 0 Å². The molecule has 3 aromatic carbocycles. The Hall–Kier alpha value is -4.06. The minimum absolute atomic E-state index is 0.490. The van der Waals surface area contributed by atoms with Gasteiger partial charge >= 0.3 is 0 Å². The quantitative estimate of drug-likeness (QED) is 0.0368. The van der Waals surface area contributed by atoms with Crippen molar-refractivity contribution >= 4 is 0 Å². The third-order valence-corrected chi connectivity index (χ3v) is 13.3. The lowest BCUT2D eigenvalue weighted by molar-refractivity contribution is 0.529. The first kappa shape index (κ1) is 50.9. The number of hydrogen-bond acceptors (Lipinski definition) is 6. The lowest BCUT2D eigenvalue weighted by atomic mass is 10.0. The number of aromatic nitrogens is 4. The molecule has 0 saturated heterocycles.